The predicted octanol–water partition coefficient (Wildman–Crippen LogP) is -1.60. The number of fused-ring (bicyclic) bond motifs is 1. The van der Waals surface area contributed by atoms with E-state index in [9.17, 15) is 16.8 Å². The van der Waals surface area contributed by atoms with E-state index in [2.05, 4.69) is 0 Å². The van der Waals surface area contributed by atoms with Crippen LogP contribution in [0.15, 0.2) is 46.2 Å². The average molecular weight is 312 g/mol. The van der Waals surface area contributed by atoms with Crippen LogP contribution in [0.3, 0.4) is 0 Å². The molecule has 2 N–H and O–H groups in total. The summed E-state index contributed by atoms with van der Waals surface area (Å²) in [5, 5.41) is 0. The molecule has 0 saturated heterocycles. The predicted molar refractivity (Wildman–Crippen MR) is 63.8 cm³/mol. The Labute approximate surface area is 134 Å². The van der Waals surface area contributed by atoms with Gasteiger partial charge in [0.2, 0.25) is 0 Å². The molecule has 0 unspecified atom stereocenters. The summed E-state index contributed by atoms with van der Waals surface area (Å²) in [5.74, 6) is 0. The monoisotopic (exact) mass is 312 g/mol. The van der Waals surface area contributed by atoms with Crippen molar-refractivity contribution >= 4 is 20.2 Å². The summed E-state index contributed by atoms with van der Waals surface area (Å²) in [6, 6.07) is 7.47. The van der Waals surface area contributed by atoms with Crippen molar-refractivity contribution in [1.82, 2.24) is 0 Å². The van der Waals surface area contributed by atoms with Crippen molar-refractivity contribution in [1.29, 1.82) is 0 Å². The third-order valence-corrected chi connectivity index (χ3v) is 4.04. The molecule has 0 aromatic rings. The largest absolute Gasteiger partial charge is 1.00 e. The molecule has 98 valence electrons. The fraction of sp³-hybridized carbons (Fsp3) is 0. The fourth-order valence-corrected chi connectivity index (χ4v) is 2.62. The molecule has 0 amide bonds. The van der Waals surface area contributed by atoms with Crippen LogP contribution in [0.2, 0.25) is 0 Å². The van der Waals surface area contributed by atoms with Crippen molar-refractivity contribution in [3.05, 3.63) is 36.4 Å². The summed E-state index contributed by atoms with van der Waals surface area (Å²) < 4.78 is 61.7. The summed E-state index contributed by atoms with van der Waals surface area (Å²) in [7, 11) is -8.72. The molecule has 0 spiro atoms. The molecule has 19 heavy (non-hydrogen) atoms. The second-order valence-electron chi connectivity index (χ2n) is 3.62. The minimum atomic E-state index is -4.38. The van der Waals surface area contributed by atoms with Gasteiger partial charge in [0.25, 0.3) is 20.2 Å². The summed E-state index contributed by atoms with van der Waals surface area (Å²) in [5.41, 5.74) is 0.706. The number of hydrogen-bond acceptors (Lipinski definition) is 4. The number of rotatable bonds is 2. The van der Waals surface area contributed by atoms with E-state index in [1.807, 2.05) is 0 Å². The Kier molecular flexibility index (Phi) is 4.79. The molecule has 0 atom stereocenters. The molecular formula is C10H9NaO6S2. The van der Waals surface area contributed by atoms with Crippen molar-refractivity contribution in [3.63, 3.8) is 0 Å². The molecule has 0 heterocycles. The van der Waals surface area contributed by atoms with Gasteiger partial charge in [-0.15, -0.1) is 0 Å². The van der Waals surface area contributed by atoms with Crippen LogP contribution in [0.1, 0.15) is 1.43 Å². The molecule has 0 bridgehead atoms. The normalized spacial score (nSPS) is 12.1. The van der Waals surface area contributed by atoms with Crippen LogP contribution < -0.4 is 29.6 Å². The van der Waals surface area contributed by atoms with Gasteiger partial charge in [-0.25, -0.2) is 0 Å². The van der Waals surface area contributed by atoms with Crippen LogP contribution in [0.4, 0.5) is 0 Å². The summed E-state index contributed by atoms with van der Waals surface area (Å²) in [4.78, 5) is -0.685. The molecule has 9 heteroatoms. The van der Waals surface area contributed by atoms with Crippen molar-refractivity contribution < 1.29 is 56.9 Å². The Hall–Kier alpha value is -0.480. The molecule has 6 nitrogen and oxygen atoms in total. The van der Waals surface area contributed by atoms with Crippen molar-refractivity contribution in [2.24, 2.45) is 0 Å². The van der Waals surface area contributed by atoms with E-state index in [-0.39, 0.29) is 46.3 Å². The molecule has 0 aromatic carbocycles. The second-order valence-corrected chi connectivity index (χ2v) is 6.47. The summed E-state index contributed by atoms with van der Waals surface area (Å²) >= 11 is 0. The van der Waals surface area contributed by atoms with Crippen LogP contribution in [0, 0.1) is 0 Å². The first-order valence-electron chi connectivity index (χ1n) is 4.67. The second kappa shape index (κ2) is 5.49. The third-order valence-electron chi connectivity index (χ3n) is 2.36. The van der Waals surface area contributed by atoms with Gasteiger partial charge in [0.05, 0.1) is 9.79 Å². The van der Waals surface area contributed by atoms with Crippen LogP contribution in [0.25, 0.3) is 11.1 Å². The van der Waals surface area contributed by atoms with Crippen LogP contribution in [-0.2, 0) is 20.2 Å². The Morgan fingerprint density at radius 2 is 1.26 bits per heavy atom. The maximum atomic E-state index is 11.0. The molecule has 0 aliphatic heterocycles. The smallest absolute Gasteiger partial charge is 1.00 e. The quantitative estimate of drug-likeness (QED) is 0.511. The first-order chi connectivity index (χ1) is 8.18. The molecule has 0 radical (unpaired) electrons. The van der Waals surface area contributed by atoms with Gasteiger partial charge >= 0.3 is 29.6 Å². The Morgan fingerprint density at radius 3 is 1.79 bits per heavy atom. The van der Waals surface area contributed by atoms with Crippen molar-refractivity contribution in [3.8, 4) is 11.1 Å². The SMILES string of the molecule is O=S(=O)(O)c1cccc2cc(S(=O)(=O)O)cc-2c1.[H-].[Na+]. The van der Waals surface area contributed by atoms with E-state index < -0.39 is 20.2 Å². The number of hydrogen-bond donors (Lipinski definition) is 2. The minimum absolute atomic E-state index is 0. The van der Waals surface area contributed by atoms with Gasteiger partial charge in [-0.2, -0.15) is 16.8 Å². The third kappa shape index (κ3) is 3.76. The topological polar surface area (TPSA) is 109 Å². The zero-order valence-corrected chi connectivity index (χ0v) is 13.4. The van der Waals surface area contributed by atoms with Crippen LogP contribution in [-0.4, -0.2) is 25.9 Å². The van der Waals surface area contributed by atoms with E-state index in [4.69, 9.17) is 9.11 Å². The average Bonchev–Trinajstić information content (AvgIpc) is 2.49. The molecule has 0 aromatic heterocycles. The molecule has 0 saturated carbocycles. The van der Waals surface area contributed by atoms with Crippen LogP contribution >= 0.6 is 0 Å². The maximum absolute atomic E-state index is 11.0. The van der Waals surface area contributed by atoms with E-state index >= 15 is 0 Å². The first kappa shape index (κ1) is 16.6. The van der Waals surface area contributed by atoms with Gasteiger partial charge in [0, 0.05) is 0 Å². The van der Waals surface area contributed by atoms with Crippen LogP contribution in [0.5, 0.6) is 0 Å². The molecule has 2 rings (SSSR count). The van der Waals surface area contributed by atoms with Gasteiger partial charge in [-0.1, -0.05) is 12.1 Å². The maximum Gasteiger partial charge on any atom is 1.00 e. The zero-order chi connectivity index (χ0) is 13.6. The van der Waals surface area contributed by atoms with E-state index in [0.717, 1.165) is 12.1 Å². The zero-order valence-electron chi connectivity index (χ0n) is 10.8. The van der Waals surface area contributed by atoms with E-state index in [0.29, 0.717) is 5.56 Å². The molecular weight excluding hydrogens is 303 g/mol. The molecule has 0 fully saturated rings. The van der Waals surface area contributed by atoms with Gasteiger partial charge < -0.3 is 1.43 Å². The van der Waals surface area contributed by atoms with Crippen molar-refractivity contribution in [2.45, 2.75) is 9.79 Å². The van der Waals surface area contributed by atoms with Gasteiger partial charge in [-0.3, -0.25) is 9.11 Å². The Bertz CT molecular complexity index is 787. The Balaban J connectivity index is 0.00000180. The van der Waals surface area contributed by atoms with E-state index in [1.165, 1.54) is 24.3 Å². The minimum Gasteiger partial charge on any atom is -1.00 e. The summed E-state index contributed by atoms with van der Waals surface area (Å²) in [6.07, 6.45) is 0. The fourth-order valence-electron chi connectivity index (χ4n) is 1.54. The Morgan fingerprint density at radius 1 is 0.789 bits per heavy atom. The molecule has 2 aliphatic carbocycles. The molecule has 2 aliphatic rings. The van der Waals surface area contributed by atoms with Crippen molar-refractivity contribution in [2.75, 3.05) is 0 Å². The van der Waals surface area contributed by atoms with Gasteiger partial charge in [0.15, 0.2) is 0 Å². The summed E-state index contributed by atoms with van der Waals surface area (Å²) in [6.45, 7) is 0. The standard InChI is InChI=1S/C10H8O6S2.Na.H/c11-17(12,13)9-3-1-2-7-4-10(18(14,15)16)6-8(7)5-9;;/h1-6H,(H,11,12,13)(H,14,15,16);;/q;+1;-1. The van der Waals surface area contributed by atoms with Gasteiger partial charge in [-0.05, 0) is 35.4 Å². The van der Waals surface area contributed by atoms with Gasteiger partial charge in [0.1, 0.15) is 0 Å². The van der Waals surface area contributed by atoms with E-state index in [1.54, 1.807) is 0 Å². The first-order valence-corrected chi connectivity index (χ1v) is 7.55.